The van der Waals surface area contributed by atoms with Crippen LogP contribution in [0.5, 0.6) is 0 Å². The maximum Gasteiger partial charge on any atom is 0.338 e. The van der Waals surface area contributed by atoms with Gasteiger partial charge in [0.05, 0.1) is 10.4 Å². The molecule has 5 nitrogen and oxygen atoms in total. The number of rotatable bonds is 8. The molecule has 1 N–H and O–H groups in total. The van der Waals surface area contributed by atoms with E-state index < -0.39 is 16.9 Å². The van der Waals surface area contributed by atoms with Crippen molar-refractivity contribution in [2.75, 3.05) is 5.32 Å². The molecular weight excluding hydrogens is 518 g/mol. The third-order valence-corrected chi connectivity index (χ3v) is 6.64. The lowest BCUT2D eigenvalue weighted by molar-refractivity contribution is 0.0282. The monoisotopic (exact) mass is 541 g/mol. The topological polar surface area (TPSA) is 72.5 Å². The summed E-state index contributed by atoms with van der Waals surface area (Å²) in [5.41, 5.74) is 3.67. The van der Waals surface area contributed by atoms with Crippen LogP contribution in [0.3, 0.4) is 0 Å². The summed E-state index contributed by atoms with van der Waals surface area (Å²) in [6, 6.07) is 31.7. The van der Waals surface area contributed by atoms with E-state index in [-0.39, 0.29) is 17.3 Å². The molecule has 0 aliphatic heterocycles. The van der Waals surface area contributed by atoms with Crippen LogP contribution < -0.4 is 5.32 Å². The van der Waals surface area contributed by atoms with Crippen LogP contribution in [0.25, 0.3) is 0 Å². The lowest BCUT2D eigenvalue weighted by Gasteiger charge is -2.22. The molecular formula is C30H24BrNO4. The smallest absolute Gasteiger partial charge is 0.338 e. The summed E-state index contributed by atoms with van der Waals surface area (Å²) in [7, 11) is 0. The number of halogens is 1. The standard InChI is InChI=1S/C30H24BrNO4/c1-20-12-14-23(15-13-20)29(34)32-25-18-16-24(17-19-25)30(35)36-28(26(31)21-8-4-2-5-9-21)27(33)22-10-6-3-7-11-22/h2-19,26,28H,1H3,(H,32,34)/t26-,28+/m1/s1. The highest BCUT2D eigenvalue weighted by Gasteiger charge is 2.32. The number of hydrogen-bond donors (Lipinski definition) is 1. The van der Waals surface area contributed by atoms with Gasteiger partial charge in [0.2, 0.25) is 5.78 Å². The second-order valence-corrected chi connectivity index (χ2v) is 9.25. The SMILES string of the molecule is Cc1ccc(C(=O)Nc2ccc(C(=O)O[C@H](C(=O)c3ccccc3)[C@H](Br)c3ccccc3)cc2)cc1. The molecule has 180 valence electrons. The Kier molecular flexibility index (Phi) is 8.08. The zero-order valence-electron chi connectivity index (χ0n) is 19.6. The number of ether oxygens (including phenoxy) is 1. The average Bonchev–Trinajstić information content (AvgIpc) is 2.92. The van der Waals surface area contributed by atoms with Crippen LogP contribution in [0.2, 0.25) is 0 Å². The highest BCUT2D eigenvalue weighted by molar-refractivity contribution is 9.09. The molecule has 0 saturated heterocycles. The predicted molar refractivity (Wildman–Crippen MR) is 144 cm³/mol. The van der Waals surface area contributed by atoms with E-state index in [2.05, 4.69) is 21.2 Å². The minimum atomic E-state index is -1.08. The Morgan fingerprint density at radius 1 is 0.694 bits per heavy atom. The number of ketones is 1. The first kappa shape index (κ1) is 25.1. The number of anilines is 1. The zero-order valence-corrected chi connectivity index (χ0v) is 21.1. The van der Waals surface area contributed by atoms with E-state index in [0.717, 1.165) is 11.1 Å². The number of Topliss-reactive ketones (excluding diaryl/α,β-unsaturated/α-hetero) is 1. The van der Waals surface area contributed by atoms with Gasteiger partial charge in [-0.2, -0.15) is 0 Å². The lowest BCUT2D eigenvalue weighted by Crippen LogP contribution is -2.31. The number of hydrogen-bond acceptors (Lipinski definition) is 4. The number of amides is 1. The molecule has 0 unspecified atom stereocenters. The fourth-order valence-corrected chi connectivity index (χ4v) is 4.26. The molecule has 0 aromatic heterocycles. The average molecular weight is 542 g/mol. The number of carbonyl (C=O) groups is 3. The number of nitrogens with one attached hydrogen (secondary N) is 1. The van der Waals surface area contributed by atoms with Gasteiger partial charge < -0.3 is 10.1 Å². The van der Waals surface area contributed by atoms with Crippen LogP contribution in [0.15, 0.2) is 109 Å². The molecule has 4 rings (SSSR count). The Labute approximate surface area is 218 Å². The van der Waals surface area contributed by atoms with Crippen molar-refractivity contribution < 1.29 is 19.1 Å². The number of alkyl halides is 1. The summed E-state index contributed by atoms with van der Waals surface area (Å²) in [4.78, 5) is 38.3. The van der Waals surface area contributed by atoms with Crippen molar-refractivity contribution in [2.24, 2.45) is 0 Å². The minimum Gasteiger partial charge on any atom is -0.449 e. The van der Waals surface area contributed by atoms with Gasteiger partial charge in [0.15, 0.2) is 6.10 Å². The van der Waals surface area contributed by atoms with Gasteiger partial charge in [-0.1, -0.05) is 94.3 Å². The van der Waals surface area contributed by atoms with Gasteiger partial charge in [-0.15, -0.1) is 0 Å². The number of aryl methyl sites for hydroxylation is 1. The summed E-state index contributed by atoms with van der Waals surface area (Å²) < 4.78 is 5.75. The molecule has 6 heteroatoms. The van der Waals surface area contributed by atoms with E-state index in [0.29, 0.717) is 16.8 Å². The van der Waals surface area contributed by atoms with Gasteiger partial charge in [0, 0.05) is 16.8 Å². The molecule has 0 aliphatic carbocycles. The Bertz CT molecular complexity index is 1340. The Morgan fingerprint density at radius 2 is 1.25 bits per heavy atom. The van der Waals surface area contributed by atoms with E-state index in [1.807, 2.05) is 55.5 Å². The third-order valence-electron chi connectivity index (χ3n) is 5.63. The van der Waals surface area contributed by atoms with Gasteiger partial charge in [0.25, 0.3) is 5.91 Å². The molecule has 2 atom stereocenters. The molecule has 4 aromatic rings. The van der Waals surface area contributed by atoms with E-state index >= 15 is 0 Å². The third kappa shape index (κ3) is 6.15. The number of carbonyl (C=O) groups excluding carboxylic acids is 3. The van der Waals surface area contributed by atoms with Gasteiger partial charge in [-0.05, 0) is 48.9 Å². The van der Waals surface area contributed by atoms with Crippen molar-refractivity contribution in [3.05, 3.63) is 137 Å². The van der Waals surface area contributed by atoms with E-state index in [9.17, 15) is 14.4 Å². The molecule has 0 aliphatic rings. The van der Waals surface area contributed by atoms with Crippen LogP contribution in [-0.4, -0.2) is 23.8 Å². The first-order valence-electron chi connectivity index (χ1n) is 11.4. The highest BCUT2D eigenvalue weighted by Crippen LogP contribution is 2.31. The molecule has 36 heavy (non-hydrogen) atoms. The molecule has 0 saturated carbocycles. The molecule has 0 fully saturated rings. The minimum absolute atomic E-state index is 0.246. The Morgan fingerprint density at radius 3 is 1.86 bits per heavy atom. The fourth-order valence-electron chi connectivity index (χ4n) is 3.61. The summed E-state index contributed by atoms with van der Waals surface area (Å²) in [5.74, 6) is -1.19. The maximum atomic E-state index is 13.3. The first-order chi connectivity index (χ1) is 17.4. The largest absolute Gasteiger partial charge is 0.449 e. The fraction of sp³-hybridized carbons (Fsp3) is 0.100. The molecule has 0 radical (unpaired) electrons. The van der Waals surface area contributed by atoms with E-state index in [4.69, 9.17) is 4.74 Å². The maximum absolute atomic E-state index is 13.3. The number of benzene rings is 4. The van der Waals surface area contributed by atoms with Crippen molar-refractivity contribution in [1.29, 1.82) is 0 Å². The van der Waals surface area contributed by atoms with E-state index in [1.54, 1.807) is 60.7 Å². The molecule has 0 heterocycles. The Balaban J connectivity index is 1.50. The zero-order chi connectivity index (χ0) is 25.5. The Hall–Kier alpha value is -4.03. The number of esters is 1. The van der Waals surface area contributed by atoms with Crippen molar-refractivity contribution in [3.8, 4) is 0 Å². The second-order valence-electron chi connectivity index (χ2n) is 8.27. The van der Waals surface area contributed by atoms with Crippen LogP contribution in [0.4, 0.5) is 5.69 Å². The quantitative estimate of drug-likeness (QED) is 0.151. The normalized spacial score (nSPS) is 12.3. The first-order valence-corrected chi connectivity index (χ1v) is 12.3. The predicted octanol–water partition coefficient (Wildman–Crippen LogP) is 6.79. The van der Waals surface area contributed by atoms with Crippen molar-refractivity contribution >= 4 is 39.3 Å². The van der Waals surface area contributed by atoms with Crippen LogP contribution in [0, 0.1) is 6.92 Å². The van der Waals surface area contributed by atoms with Crippen molar-refractivity contribution in [3.63, 3.8) is 0 Å². The van der Waals surface area contributed by atoms with Gasteiger partial charge in [0.1, 0.15) is 0 Å². The van der Waals surface area contributed by atoms with Gasteiger partial charge in [-0.25, -0.2) is 4.79 Å². The summed E-state index contributed by atoms with van der Waals surface area (Å²) in [6.07, 6.45) is -1.08. The molecule has 1 amide bonds. The molecule has 0 bridgehead atoms. The van der Waals surface area contributed by atoms with Crippen molar-refractivity contribution in [1.82, 2.24) is 0 Å². The highest BCUT2D eigenvalue weighted by atomic mass is 79.9. The van der Waals surface area contributed by atoms with Crippen LogP contribution in [0.1, 0.15) is 47.0 Å². The van der Waals surface area contributed by atoms with Gasteiger partial charge in [-0.3, -0.25) is 9.59 Å². The second kappa shape index (κ2) is 11.6. The van der Waals surface area contributed by atoms with Crippen LogP contribution in [-0.2, 0) is 4.74 Å². The van der Waals surface area contributed by atoms with Crippen molar-refractivity contribution in [2.45, 2.75) is 17.9 Å². The van der Waals surface area contributed by atoms with Crippen LogP contribution >= 0.6 is 15.9 Å². The molecule has 4 aromatic carbocycles. The molecule has 0 spiro atoms. The summed E-state index contributed by atoms with van der Waals surface area (Å²) in [5, 5.41) is 2.81. The van der Waals surface area contributed by atoms with Gasteiger partial charge >= 0.3 is 5.97 Å². The lowest BCUT2D eigenvalue weighted by atomic mass is 9.99. The van der Waals surface area contributed by atoms with E-state index in [1.165, 1.54) is 0 Å². The summed E-state index contributed by atoms with van der Waals surface area (Å²) in [6.45, 7) is 1.95. The summed E-state index contributed by atoms with van der Waals surface area (Å²) >= 11 is 3.57.